The molecule has 1 aromatic heterocycles. The predicted octanol–water partition coefficient (Wildman–Crippen LogP) is 4.34. The van der Waals surface area contributed by atoms with E-state index >= 15 is 0 Å². The minimum atomic E-state index is -3.81. The number of rotatable bonds is 7. The van der Waals surface area contributed by atoms with Gasteiger partial charge in [-0.15, -0.1) is 11.3 Å². The Kier molecular flexibility index (Phi) is 7.44. The third kappa shape index (κ3) is 4.64. The van der Waals surface area contributed by atoms with Crippen LogP contribution >= 0.6 is 11.3 Å². The Balaban J connectivity index is 1.91. The summed E-state index contributed by atoms with van der Waals surface area (Å²) in [4.78, 5) is 0. The topological polar surface area (TPSA) is 80.3 Å². The molecule has 194 valence electrons. The van der Waals surface area contributed by atoms with Crippen LogP contribution in [0.4, 0.5) is 0 Å². The van der Waals surface area contributed by atoms with Gasteiger partial charge in [0.1, 0.15) is 16.5 Å². The van der Waals surface area contributed by atoms with Gasteiger partial charge in [-0.25, -0.2) is 16.8 Å². The smallest absolute Gasteiger partial charge is 0.190 e. The molecular weight excluding hydrogens is 527 g/mol. The molecule has 4 rings (SSSR count). The highest BCUT2D eigenvalue weighted by Crippen LogP contribution is 2.44. The molecule has 0 saturated carbocycles. The molecule has 9 heteroatoms. The average Bonchev–Trinajstić information content (AvgIpc) is 3.30. The second-order valence-corrected chi connectivity index (χ2v) is 21.8. The van der Waals surface area contributed by atoms with Crippen LogP contribution in [0, 0.1) is 0 Å². The lowest BCUT2D eigenvalue weighted by atomic mass is 10.1. The lowest BCUT2D eigenvalue weighted by Gasteiger charge is -2.43. The first-order chi connectivity index (χ1) is 16.8. The van der Waals surface area contributed by atoms with Gasteiger partial charge in [0.05, 0.1) is 10.6 Å². The van der Waals surface area contributed by atoms with E-state index in [0.29, 0.717) is 18.5 Å². The minimum Gasteiger partial charge on any atom is -0.310 e. The van der Waals surface area contributed by atoms with Crippen LogP contribution in [0.3, 0.4) is 0 Å². The van der Waals surface area contributed by atoms with Gasteiger partial charge in [0.15, 0.2) is 19.7 Å². The Hall–Kier alpha value is -1.78. The molecular formula is C27H35NO4S3Si. The van der Waals surface area contributed by atoms with E-state index < -0.39 is 33.0 Å². The summed E-state index contributed by atoms with van der Waals surface area (Å²) in [6, 6.07) is 21.4. The number of nitrogens with one attached hydrogen (secondary N) is 1. The summed E-state index contributed by atoms with van der Waals surface area (Å²) in [5.74, 6) is 0. The fourth-order valence-corrected chi connectivity index (χ4v) is 19.9. The van der Waals surface area contributed by atoms with E-state index in [-0.39, 0.29) is 24.9 Å². The Morgan fingerprint density at radius 2 is 1.53 bits per heavy atom. The van der Waals surface area contributed by atoms with Crippen LogP contribution in [-0.4, -0.2) is 42.1 Å². The Bertz CT molecular complexity index is 1390. The Labute approximate surface area is 220 Å². The molecule has 5 nitrogen and oxygen atoms in total. The zero-order valence-corrected chi connectivity index (χ0v) is 24.9. The fraction of sp³-hybridized carbons (Fsp3) is 0.407. The van der Waals surface area contributed by atoms with Crippen LogP contribution in [0.15, 0.2) is 75.1 Å². The predicted molar refractivity (Wildman–Crippen MR) is 152 cm³/mol. The molecule has 0 fully saturated rings. The van der Waals surface area contributed by atoms with E-state index in [4.69, 9.17) is 0 Å². The molecule has 1 aliphatic rings. The first kappa shape index (κ1) is 27.3. The first-order valence-electron chi connectivity index (χ1n) is 12.3. The summed E-state index contributed by atoms with van der Waals surface area (Å²) in [5.41, 5.74) is 0.598. The van der Waals surface area contributed by atoms with Crippen molar-refractivity contribution in [3.05, 3.63) is 72.3 Å². The van der Waals surface area contributed by atoms with Crippen LogP contribution in [0.25, 0.3) is 0 Å². The molecule has 0 saturated heterocycles. The van der Waals surface area contributed by atoms with Crippen molar-refractivity contribution in [1.29, 1.82) is 0 Å². The maximum Gasteiger partial charge on any atom is 0.190 e. The van der Waals surface area contributed by atoms with Crippen molar-refractivity contribution < 1.29 is 16.8 Å². The van der Waals surface area contributed by atoms with Crippen LogP contribution in [0.2, 0.25) is 5.04 Å². The van der Waals surface area contributed by atoms with Gasteiger partial charge in [-0.1, -0.05) is 98.7 Å². The molecule has 3 aromatic rings. The van der Waals surface area contributed by atoms with Gasteiger partial charge < -0.3 is 5.32 Å². The quantitative estimate of drug-likeness (QED) is 0.434. The van der Waals surface area contributed by atoms with Crippen molar-refractivity contribution in [2.45, 2.75) is 65.8 Å². The largest absolute Gasteiger partial charge is 0.310 e. The summed E-state index contributed by atoms with van der Waals surface area (Å²) < 4.78 is 55.2. The second-order valence-electron chi connectivity index (χ2n) is 10.7. The van der Waals surface area contributed by atoms with Crippen molar-refractivity contribution in [1.82, 2.24) is 5.32 Å². The minimum absolute atomic E-state index is 0.0294. The Morgan fingerprint density at radius 1 is 1.00 bits per heavy atom. The molecule has 36 heavy (non-hydrogen) atoms. The second kappa shape index (κ2) is 9.83. The van der Waals surface area contributed by atoms with E-state index in [2.05, 4.69) is 26.1 Å². The van der Waals surface area contributed by atoms with Gasteiger partial charge in [0.2, 0.25) is 0 Å². The van der Waals surface area contributed by atoms with E-state index in [1.54, 1.807) is 13.0 Å². The molecule has 0 bridgehead atoms. The normalized spacial score (nSPS) is 20.1. The molecule has 1 aliphatic heterocycles. The van der Waals surface area contributed by atoms with Crippen LogP contribution < -0.4 is 15.7 Å². The highest BCUT2D eigenvalue weighted by molar-refractivity contribution is 7.97. The van der Waals surface area contributed by atoms with E-state index in [9.17, 15) is 16.8 Å². The number of hydrogen-bond donors (Lipinski definition) is 1. The fourth-order valence-electron chi connectivity index (χ4n) is 5.41. The third-order valence-corrected chi connectivity index (χ3v) is 21.3. The van der Waals surface area contributed by atoms with Gasteiger partial charge in [0.25, 0.3) is 0 Å². The lowest BCUT2D eigenvalue weighted by Crippen LogP contribution is -2.68. The van der Waals surface area contributed by atoms with Crippen molar-refractivity contribution in [2.75, 3.05) is 11.9 Å². The molecule has 0 radical (unpaired) electrons. The van der Waals surface area contributed by atoms with Crippen molar-refractivity contribution in [2.24, 2.45) is 0 Å². The molecule has 2 atom stereocenters. The van der Waals surface area contributed by atoms with Crippen LogP contribution in [0.1, 0.15) is 52.6 Å². The standard InChI is InChI=1S/C27H35NO4S3Si/c1-6-28-24-17-20(2)35(31,32)26-23(24)18-25(33-26)34(29,30)19-36(27(3,4)5,21-13-9-7-10-14-21)22-15-11-8-12-16-22/h7-16,18,20,24,28H,6,17,19H2,1-5H3/t20-,24-/m0/s1. The van der Waals surface area contributed by atoms with E-state index in [0.717, 1.165) is 21.7 Å². The highest BCUT2D eigenvalue weighted by atomic mass is 32.3. The van der Waals surface area contributed by atoms with Gasteiger partial charge in [-0.05, 0) is 36.6 Å². The van der Waals surface area contributed by atoms with Gasteiger partial charge >= 0.3 is 0 Å². The maximum atomic E-state index is 14.2. The molecule has 0 aliphatic carbocycles. The number of sulfone groups is 2. The number of thiophene rings is 1. The van der Waals surface area contributed by atoms with Crippen molar-refractivity contribution in [3.63, 3.8) is 0 Å². The molecule has 0 spiro atoms. The number of hydrogen-bond acceptors (Lipinski definition) is 6. The van der Waals surface area contributed by atoms with Gasteiger partial charge in [-0.2, -0.15) is 0 Å². The monoisotopic (exact) mass is 561 g/mol. The zero-order chi connectivity index (χ0) is 26.4. The molecule has 2 aromatic carbocycles. The highest BCUT2D eigenvalue weighted by Gasteiger charge is 2.51. The van der Waals surface area contributed by atoms with Crippen LogP contribution in [-0.2, 0) is 19.7 Å². The molecule has 1 N–H and O–H groups in total. The van der Waals surface area contributed by atoms with Gasteiger partial charge in [0, 0.05) is 6.04 Å². The number of fused-ring (bicyclic) bond motifs is 1. The third-order valence-electron chi connectivity index (χ3n) is 7.41. The number of benzene rings is 2. The van der Waals surface area contributed by atoms with Crippen molar-refractivity contribution in [3.8, 4) is 0 Å². The molecule has 0 amide bonds. The molecule has 0 unspecified atom stereocenters. The van der Waals surface area contributed by atoms with Gasteiger partial charge in [-0.3, -0.25) is 0 Å². The summed E-state index contributed by atoms with van der Waals surface area (Å²) >= 11 is 0.931. The molecule has 2 heterocycles. The van der Waals surface area contributed by atoms with E-state index in [1.165, 1.54) is 0 Å². The zero-order valence-electron chi connectivity index (χ0n) is 21.5. The van der Waals surface area contributed by atoms with Crippen LogP contribution in [0.5, 0.6) is 0 Å². The average molecular weight is 562 g/mol. The summed E-state index contributed by atoms with van der Waals surface area (Å²) in [5, 5.41) is 4.55. The van der Waals surface area contributed by atoms with Crippen molar-refractivity contribution >= 4 is 49.5 Å². The Morgan fingerprint density at radius 3 is 2.00 bits per heavy atom. The summed E-state index contributed by atoms with van der Waals surface area (Å²) in [6.07, 6.45) is 0.439. The SMILES string of the molecule is CCN[C@H]1C[C@H](C)S(=O)(=O)c2sc(S(=O)(=O)C[Si](c3ccccc3)(c3ccccc3)C(C)(C)C)cc21. The maximum absolute atomic E-state index is 14.2. The summed E-state index contributed by atoms with van der Waals surface area (Å²) in [7, 11) is -10.3. The summed E-state index contributed by atoms with van der Waals surface area (Å²) in [6.45, 7) is 10.7. The lowest BCUT2D eigenvalue weighted by molar-refractivity contribution is 0.477. The first-order valence-corrected chi connectivity index (χ1v) is 18.5. The van der Waals surface area contributed by atoms with E-state index in [1.807, 2.05) is 67.6 Å².